The number of aryl methyl sites for hydroxylation is 2. The molecule has 1 heterocycles. The number of rotatable bonds is 8. The second-order valence-electron chi connectivity index (χ2n) is 6.40. The van der Waals surface area contributed by atoms with Crippen molar-refractivity contribution in [2.24, 2.45) is 0 Å². The Labute approximate surface area is 143 Å². The van der Waals surface area contributed by atoms with Gasteiger partial charge in [-0.05, 0) is 39.3 Å². The standard InChI is InChI=1S/C19H27N3O2/c1-5-10-21(13-19(23)24)12-18-15(3)20-22(16(18)4)11-17-8-6-14(2)7-9-17/h6-9H,5,10-13H2,1-4H3,(H,23,24). The van der Waals surface area contributed by atoms with Gasteiger partial charge in [0, 0.05) is 17.8 Å². The van der Waals surface area contributed by atoms with Crippen molar-refractivity contribution in [3.63, 3.8) is 0 Å². The lowest BCUT2D eigenvalue weighted by atomic mass is 10.1. The van der Waals surface area contributed by atoms with Crippen molar-refractivity contribution < 1.29 is 9.90 Å². The van der Waals surface area contributed by atoms with Crippen LogP contribution in [0.1, 0.15) is 41.4 Å². The van der Waals surface area contributed by atoms with Crippen LogP contribution in [0, 0.1) is 20.8 Å². The van der Waals surface area contributed by atoms with Gasteiger partial charge in [0.25, 0.3) is 0 Å². The van der Waals surface area contributed by atoms with Gasteiger partial charge in [-0.1, -0.05) is 36.8 Å². The summed E-state index contributed by atoms with van der Waals surface area (Å²) in [7, 11) is 0. The Morgan fingerprint density at radius 2 is 1.88 bits per heavy atom. The van der Waals surface area contributed by atoms with Crippen LogP contribution in [0.25, 0.3) is 0 Å². The zero-order valence-corrected chi connectivity index (χ0v) is 15.0. The first-order valence-electron chi connectivity index (χ1n) is 8.43. The largest absolute Gasteiger partial charge is 0.480 e. The van der Waals surface area contributed by atoms with Crippen LogP contribution in [0.3, 0.4) is 0 Å². The average Bonchev–Trinajstić information content (AvgIpc) is 2.77. The molecular formula is C19H27N3O2. The fourth-order valence-electron chi connectivity index (χ4n) is 2.93. The molecule has 0 amide bonds. The van der Waals surface area contributed by atoms with Crippen LogP contribution < -0.4 is 0 Å². The zero-order chi connectivity index (χ0) is 17.7. The number of nitrogens with zero attached hydrogens (tertiary/aromatic N) is 3. The molecule has 0 aliphatic heterocycles. The van der Waals surface area contributed by atoms with Gasteiger partial charge in [-0.25, -0.2) is 0 Å². The molecule has 1 N–H and O–H groups in total. The maximum atomic E-state index is 11.1. The lowest BCUT2D eigenvalue weighted by Gasteiger charge is -2.19. The van der Waals surface area contributed by atoms with Gasteiger partial charge in [-0.15, -0.1) is 0 Å². The molecule has 0 aliphatic rings. The van der Waals surface area contributed by atoms with Crippen LogP contribution in [0.5, 0.6) is 0 Å². The summed E-state index contributed by atoms with van der Waals surface area (Å²) >= 11 is 0. The molecule has 0 spiro atoms. The van der Waals surface area contributed by atoms with Crippen molar-refractivity contribution >= 4 is 5.97 Å². The molecule has 1 aromatic carbocycles. The Morgan fingerprint density at radius 3 is 2.46 bits per heavy atom. The zero-order valence-electron chi connectivity index (χ0n) is 15.0. The van der Waals surface area contributed by atoms with Crippen LogP contribution >= 0.6 is 0 Å². The van der Waals surface area contributed by atoms with Gasteiger partial charge < -0.3 is 5.11 Å². The SMILES string of the molecule is CCCN(CC(=O)O)Cc1c(C)nn(Cc2ccc(C)cc2)c1C. The number of carbonyl (C=O) groups is 1. The highest BCUT2D eigenvalue weighted by Crippen LogP contribution is 2.17. The summed E-state index contributed by atoms with van der Waals surface area (Å²) in [5.74, 6) is -0.786. The molecule has 0 unspecified atom stereocenters. The Morgan fingerprint density at radius 1 is 1.21 bits per heavy atom. The van der Waals surface area contributed by atoms with E-state index in [1.165, 1.54) is 11.1 Å². The Kier molecular flexibility index (Phi) is 6.15. The van der Waals surface area contributed by atoms with Gasteiger partial charge >= 0.3 is 5.97 Å². The molecule has 0 saturated carbocycles. The van der Waals surface area contributed by atoms with E-state index in [0.717, 1.165) is 36.5 Å². The number of hydrogen-bond acceptors (Lipinski definition) is 3. The molecule has 2 aromatic rings. The number of carboxylic acid groups (broad SMARTS) is 1. The molecule has 0 bridgehead atoms. The third-order valence-corrected chi connectivity index (χ3v) is 4.26. The molecule has 0 aliphatic carbocycles. The lowest BCUT2D eigenvalue weighted by molar-refractivity contribution is -0.138. The fourth-order valence-corrected chi connectivity index (χ4v) is 2.93. The van der Waals surface area contributed by atoms with E-state index in [0.29, 0.717) is 6.54 Å². The summed E-state index contributed by atoms with van der Waals surface area (Å²) in [6.45, 7) is 10.4. The predicted octanol–water partition coefficient (Wildman–Crippen LogP) is 3.15. The molecule has 5 heteroatoms. The topological polar surface area (TPSA) is 58.4 Å². The van der Waals surface area contributed by atoms with Gasteiger partial charge in [0.05, 0.1) is 18.8 Å². The maximum Gasteiger partial charge on any atom is 0.317 e. The summed E-state index contributed by atoms with van der Waals surface area (Å²) in [5, 5.41) is 13.7. The van der Waals surface area contributed by atoms with E-state index in [2.05, 4.69) is 50.1 Å². The van der Waals surface area contributed by atoms with E-state index < -0.39 is 5.97 Å². The van der Waals surface area contributed by atoms with Crippen molar-refractivity contribution in [3.8, 4) is 0 Å². The highest BCUT2D eigenvalue weighted by molar-refractivity contribution is 5.69. The summed E-state index contributed by atoms with van der Waals surface area (Å²) in [5.41, 5.74) is 5.69. The third kappa shape index (κ3) is 4.68. The molecule has 0 fully saturated rings. The van der Waals surface area contributed by atoms with Crippen molar-refractivity contribution in [2.75, 3.05) is 13.1 Å². The minimum absolute atomic E-state index is 0.0653. The van der Waals surface area contributed by atoms with Crippen molar-refractivity contribution in [3.05, 3.63) is 52.3 Å². The van der Waals surface area contributed by atoms with Crippen LogP contribution in [0.2, 0.25) is 0 Å². The second kappa shape index (κ2) is 8.11. The summed E-state index contributed by atoms with van der Waals surface area (Å²) in [6.07, 6.45) is 0.933. The smallest absolute Gasteiger partial charge is 0.317 e. The van der Waals surface area contributed by atoms with Crippen molar-refractivity contribution in [1.29, 1.82) is 0 Å². The summed E-state index contributed by atoms with van der Waals surface area (Å²) in [6, 6.07) is 8.47. The molecule has 1 aromatic heterocycles. The van der Waals surface area contributed by atoms with E-state index in [9.17, 15) is 4.79 Å². The van der Waals surface area contributed by atoms with Crippen molar-refractivity contribution in [1.82, 2.24) is 14.7 Å². The first kappa shape index (κ1) is 18.2. The average molecular weight is 329 g/mol. The summed E-state index contributed by atoms with van der Waals surface area (Å²) in [4.78, 5) is 13.0. The first-order valence-corrected chi connectivity index (χ1v) is 8.43. The number of hydrogen-bond donors (Lipinski definition) is 1. The van der Waals surface area contributed by atoms with Crippen LogP contribution in [0.4, 0.5) is 0 Å². The minimum Gasteiger partial charge on any atom is -0.480 e. The highest BCUT2D eigenvalue weighted by atomic mass is 16.4. The molecule has 2 rings (SSSR count). The van der Waals surface area contributed by atoms with E-state index >= 15 is 0 Å². The number of carboxylic acids is 1. The Hall–Kier alpha value is -2.14. The molecule has 24 heavy (non-hydrogen) atoms. The van der Waals surface area contributed by atoms with E-state index in [1.54, 1.807) is 0 Å². The highest BCUT2D eigenvalue weighted by Gasteiger charge is 2.16. The van der Waals surface area contributed by atoms with Crippen LogP contribution in [-0.2, 0) is 17.9 Å². The Bertz CT molecular complexity index is 689. The Balaban J connectivity index is 2.18. The molecular weight excluding hydrogens is 302 g/mol. The molecule has 0 saturated heterocycles. The predicted molar refractivity (Wildman–Crippen MR) is 95.2 cm³/mol. The van der Waals surface area contributed by atoms with E-state index in [1.807, 2.05) is 16.5 Å². The minimum atomic E-state index is -0.786. The first-order chi connectivity index (χ1) is 11.4. The van der Waals surface area contributed by atoms with Gasteiger partial charge in [-0.3, -0.25) is 14.4 Å². The van der Waals surface area contributed by atoms with Gasteiger partial charge in [0.2, 0.25) is 0 Å². The number of benzene rings is 1. The normalized spacial score (nSPS) is 11.2. The lowest BCUT2D eigenvalue weighted by Crippen LogP contribution is -2.30. The van der Waals surface area contributed by atoms with Crippen LogP contribution in [-0.4, -0.2) is 38.8 Å². The van der Waals surface area contributed by atoms with Gasteiger partial charge in [0.15, 0.2) is 0 Å². The van der Waals surface area contributed by atoms with Gasteiger partial charge in [-0.2, -0.15) is 5.10 Å². The summed E-state index contributed by atoms with van der Waals surface area (Å²) < 4.78 is 2.01. The fraction of sp³-hybridized carbons (Fsp3) is 0.474. The molecule has 5 nitrogen and oxygen atoms in total. The van der Waals surface area contributed by atoms with Crippen LogP contribution in [0.15, 0.2) is 24.3 Å². The molecule has 0 atom stereocenters. The number of aromatic nitrogens is 2. The number of aliphatic carboxylic acids is 1. The molecule has 0 radical (unpaired) electrons. The molecule has 130 valence electrons. The van der Waals surface area contributed by atoms with Gasteiger partial charge in [0.1, 0.15) is 0 Å². The quantitative estimate of drug-likeness (QED) is 0.808. The van der Waals surface area contributed by atoms with E-state index in [4.69, 9.17) is 5.11 Å². The third-order valence-electron chi connectivity index (χ3n) is 4.26. The monoisotopic (exact) mass is 329 g/mol. The maximum absolute atomic E-state index is 11.1. The van der Waals surface area contributed by atoms with Crippen molar-refractivity contribution in [2.45, 2.75) is 47.2 Å². The van der Waals surface area contributed by atoms with E-state index in [-0.39, 0.29) is 6.54 Å². The second-order valence-corrected chi connectivity index (χ2v) is 6.40.